The minimum absolute atomic E-state index is 0.0929. The normalized spacial score (nSPS) is 17.7. The highest BCUT2D eigenvalue weighted by Crippen LogP contribution is 2.12. The molecule has 1 fully saturated rings. The standard InChI is InChI=1S/C16H16N2O2S/c1-3-18-15(20)13(14(19)17-16(18)21)10-6-9-12-8-5-4-7-11(12)2/h4-10H,3H2,1-2H3,(H,17,19,21). The van der Waals surface area contributed by atoms with E-state index in [1.165, 1.54) is 11.0 Å². The number of benzene rings is 1. The second kappa shape index (κ2) is 6.45. The van der Waals surface area contributed by atoms with Crippen LogP contribution in [0.4, 0.5) is 0 Å². The Hall–Kier alpha value is -2.27. The van der Waals surface area contributed by atoms with Crippen molar-refractivity contribution in [3.05, 3.63) is 53.1 Å². The van der Waals surface area contributed by atoms with E-state index in [1.54, 1.807) is 6.08 Å². The van der Waals surface area contributed by atoms with E-state index in [0.29, 0.717) is 6.54 Å². The number of nitrogens with one attached hydrogen (secondary N) is 1. The highest BCUT2D eigenvalue weighted by molar-refractivity contribution is 7.80. The number of likely N-dealkylation sites (N-methyl/N-ethyl adjacent to an activating group) is 1. The molecule has 4 nitrogen and oxygen atoms in total. The van der Waals surface area contributed by atoms with Crippen LogP contribution in [0.15, 0.2) is 42.0 Å². The van der Waals surface area contributed by atoms with Gasteiger partial charge >= 0.3 is 0 Å². The fourth-order valence-corrected chi connectivity index (χ4v) is 2.33. The number of carbonyl (C=O) groups is 2. The van der Waals surface area contributed by atoms with Crippen molar-refractivity contribution in [1.29, 1.82) is 0 Å². The summed E-state index contributed by atoms with van der Waals surface area (Å²) in [4.78, 5) is 25.4. The highest BCUT2D eigenvalue weighted by atomic mass is 32.1. The fourth-order valence-electron chi connectivity index (χ4n) is 2.02. The average molecular weight is 300 g/mol. The van der Waals surface area contributed by atoms with Crippen molar-refractivity contribution in [3.8, 4) is 0 Å². The minimum Gasteiger partial charge on any atom is -0.298 e. The predicted octanol–water partition coefficient (Wildman–Crippen LogP) is 2.20. The molecule has 108 valence electrons. The van der Waals surface area contributed by atoms with E-state index in [0.717, 1.165) is 11.1 Å². The van der Waals surface area contributed by atoms with Crippen molar-refractivity contribution in [2.75, 3.05) is 6.54 Å². The quantitative estimate of drug-likeness (QED) is 0.529. The van der Waals surface area contributed by atoms with Crippen molar-refractivity contribution in [3.63, 3.8) is 0 Å². The maximum atomic E-state index is 12.2. The molecule has 2 rings (SSSR count). The molecule has 1 heterocycles. The summed E-state index contributed by atoms with van der Waals surface area (Å²) in [5, 5.41) is 2.68. The van der Waals surface area contributed by atoms with Gasteiger partial charge in [-0.2, -0.15) is 0 Å². The van der Waals surface area contributed by atoms with E-state index < -0.39 is 5.91 Å². The maximum absolute atomic E-state index is 12.2. The van der Waals surface area contributed by atoms with Gasteiger partial charge in [0.15, 0.2) is 5.11 Å². The van der Waals surface area contributed by atoms with Gasteiger partial charge in [-0.3, -0.25) is 19.8 Å². The summed E-state index contributed by atoms with van der Waals surface area (Å²) in [6.07, 6.45) is 5.10. The molecule has 0 bridgehead atoms. The number of carbonyl (C=O) groups excluding carboxylic acids is 2. The first-order chi connectivity index (χ1) is 10.0. The lowest BCUT2D eigenvalue weighted by molar-refractivity contribution is -0.128. The van der Waals surface area contributed by atoms with Crippen LogP contribution in [-0.2, 0) is 9.59 Å². The number of amides is 2. The van der Waals surface area contributed by atoms with Gasteiger partial charge < -0.3 is 0 Å². The van der Waals surface area contributed by atoms with Crippen molar-refractivity contribution in [1.82, 2.24) is 10.2 Å². The Morgan fingerprint density at radius 1 is 1.29 bits per heavy atom. The van der Waals surface area contributed by atoms with Gasteiger partial charge in [-0.05, 0) is 43.3 Å². The van der Waals surface area contributed by atoms with Gasteiger partial charge in [-0.25, -0.2) is 0 Å². The first-order valence-electron chi connectivity index (χ1n) is 6.65. The van der Waals surface area contributed by atoms with Crippen LogP contribution >= 0.6 is 12.2 Å². The molecule has 21 heavy (non-hydrogen) atoms. The zero-order chi connectivity index (χ0) is 15.4. The Morgan fingerprint density at radius 3 is 2.67 bits per heavy atom. The largest absolute Gasteiger partial charge is 0.298 e. The van der Waals surface area contributed by atoms with Crippen molar-refractivity contribution >= 4 is 35.2 Å². The van der Waals surface area contributed by atoms with Crippen molar-refractivity contribution in [2.45, 2.75) is 13.8 Å². The zero-order valence-corrected chi connectivity index (χ0v) is 12.7. The third kappa shape index (κ3) is 3.25. The molecule has 5 heteroatoms. The molecule has 0 aliphatic carbocycles. The molecule has 0 unspecified atom stereocenters. The highest BCUT2D eigenvalue weighted by Gasteiger charge is 2.31. The second-order valence-corrected chi connectivity index (χ2v) is 4.99. The van der Waals surface area contributed by atoms with Crippen LogP contribution in [0.5, 0.6) is 0 Å². The molecule has 1 N–H and O–H groups in total. The van der Waals surface area contributed by atoms with Crippen LogP contribution in [0.3, 0.4) is 0 Å². The molecule has 0 radical (unpaired) electrons. The number of aryl methyl sites for hydroxylation is 1. The number of rotatable bonds is 3. The van der Waals surface area contributed by atoms with E-state index in [4.69, 9.17) is 12.2 Å². The van der Waals surface area contributed by atoms with E-state index >= 15 is 0 Å². The molecule has 1 aliphatic heterocycles. The number of hydrogen-bond donors (Lipinski definition) is 1. The van der Waals surface area contributed by atoms with Gasteiger partial charge in [0.1, 0.15) is 5.57 Å². The van der Waals surface area contributed by atoms with E-state index in [2.05, 4.69) is 5.32 Å². The molecule has 1 saturated heterocycles. The number of nitrogens with zero attached hydrogens (tertiary/aromatic N) is 1. The Bertz CT molecular complexity index is 662. The number of thiocarbonyl (C=S) groups is 1. The van der Waals surface area contributed by atoms with Gasteiger partial charge in [0.25, 0.3) is 11.8 Å². The summed E-state index contributed by atoms with van der Waals surface area (Å²) in [6, 6.07) is 7.88. The lowest BCUT2D eigenvalue weighted by atomic mass is 10.1. The third-order valence-corrected chi connectivity index (χ3v) is 3.55. The number of hydrogen-bond acceptors (Lipinski definition) is 3. The molecule has 0 spiro atoms. The van der Waals surface area contributed by atoms with Crippen molar-refractivity contribution < 1.29 is 9.59 Å². The molecule has 0 aromatic heterocycles. The van der Waals surface area contributed by atoms with Gasteiger partial charge in [0.05, 0.1) is 0 Å². The van der Waals surface area contributed by atoms with Gasteiger partial charge in [-0.15, -0.1) is 0 Å². The summed E-state index contributed by atoms with van der Waals surface area (Å²) in [6.45, 7) is 4.24. The summed E-state index contributed by atoms with van der Waals surface area (Å²) in [5.41, 5.74) is 2.26. The topological polar surface area (TPSA) is 49.4 Å². The van der Waals surface area contributed by atoms with E-state index in [9.17, 15) is 9.59 Å². The number of allylic oxidation sites excluding steroid dienone is 2. The minimum atomic E-state index is -0.455. The molecule has 1 aliphatic rings. The van der Waals surface area contributed by atoms with Crippen LogP contribution in [0.25, 0.3) is 6.08 Å². The molecular weight excluding hydrogens is 284 g/mol. The molecular formula is C16H16N2O2S. The van der Waals surface area contributed by atoms with Crippen molar-refractivity contribution in [2.24, 2.45) is 0 Å². The summed E-state index contributed by atoms with van der Waals surface area (Å²) >= 11 is 4.97. The summed E-state index contributed by atoms with van der Waals surface area (Å²) in [7, 11) is 0. The monoisotopic (exact) mass is 300 g/mol. The second-order valence-electron chi connectivity index (χ2n) is 4.60. The Morgan fingerprint density at radius 2 is 2.00 bits per heavy atom. The first kappa shape index (κ1) is 15.1. The molecule has 2 amide bonds. The Kier molecular flexibility index (Phi) is 4.65. The molecule has 1 aromatic rings. The fraction of sp³-hybridized carbons (Fsp3) is 0.188. The molecule has 0 saturated carbocycles. The van der Waals surface area contributed by atoms with Crippen LogP contribution in [0.2, 0.25) is 0 Å². The maximum Gasteiger partial charge on any atom is 0.265 e. The van der Waals surface area contributed by atoms with Crippen LogP contribution in [0, 0.1) is 6.92 Å². The lowest BCUT2D eigenvalue weighted by Gasteiger charge is -2.27. The summed E-state index contributed by atoms with van der Waals surface area (Å²) < 4.78 is 0. The zero-order valence-electron chi connectivity index (χ0n) is 11.9. The van der Waals surface area contributed by atoms with Gasteiger partial charge in [0, 0.05) is 6.54 Å². The van der Waals surface area contributed by atoms with E-state index in [1.807, 2.05) is 44.2 Å². The van der Waals surface area contributed by atoms with Crippen LogP contribution in [0.1, 0.15) is 18.1 Å². The van der Waals surface area contributed by atoms with E-state index in [-0.39, 0.29) is 16.6 Å². The molecule has 1 aromatic carbocycles. The van der Waals surface area contributed by atoms with Crippen LogP contribution in [-0.4, -0.2) is 28.4 Å². The smallest absolute Gasteiger partial charge is 0.265 e. The van der Waals surface area contributed by atoms with Gasteiger partial charge in [0.2, 0.25) is 0 Å². The average Bonchev–Trinajstić information content (AvgIpc) is 2.44. The Balaban J connectivity index is 2.24. The predicted molar refractivity (Wildman–Crippen MR) is 86.4 cm³/mol. The van der Waals surface area contributed by atoms with Crippen LogP contribution < -0.4 is 5.32 Å². The Labute approximate surface area is 129 Å². The van der Waals surface area contributed by atoms with Gasteiger partial charge in [-0.1, -0.05) is 36.4 Å². The summed E-state index contributed by atoms with van der Waals surface area (Å²) in [5.74, 6) is -0.815. The molecule has 0 atom stereocenters. The third-order valence-electron chi connectivity index (χ3n) is 3.23. The lowest BCUT2D eigenvalue weighted by Crippen LogP contribution is -2.53. The SMILES string of the molecule is CCN1C(=O)C(=CC=Cc2ccccc2C)C(=O)NC1=S. The first-order valence-corrected chi connectivity index (χ1v) is 7.06.